The van der Waals surface area contributed by atoms with Gasteiger partial charge in [0.2, 0.25) is 10.0 Å². The lowest BCUT2D eigenvalue weighted by Crippen LogP contribution is -2.42. The summed E-state index contributed by atoms with van der Waals surface area (Å²) in [6.07, 6.45) is 1.31. The van der Waals surface area contributed by atoms with Crippen LogP contribution in [-0.2, 0) is 10.0 Å². The number of sulfonamides is 1. The zero-order valence-corrected chi connectivity index (χ0v) is 15.4. The number of carbonyl (C=O) groups is 2. The highest BCUT2D eigenvalue weighted by Crippen LogP contribution is 2.26. The SMILES string of the molecule is CC(=O)c1cccc(S(=O)(=O)N2CCCC(C(=O)c3ccccc3)C2)c1. The van der Waals surface area contributed by atoms with E-state index in [0.29, 0.717) is 30.5 Å². The maximum atomic E-state index is 13.0. The van der Waals surface area contributed by atoms with E-state index in [-0.39, 0.29) is 28.9 Å². The van der Waals surface area contributed by atoms with Crippen molar-refractivity contribution in [3.63, 3.8) is 0 Å². The van der Waals surface area contributed by atoms with Gasteiger partial charge in [0.05, 0.1) is 4.90 Å². The van der Waals surface area contributed by atoms with Crippen LogP contribution in [0.1, 0.15) is 40.5 Å². The molecule has 1 fully saturated rings. The van der Waals surface area contributed by atoms with Crippen molar-refractivity contribution in [1.29, 1.82) is 0 Å². The van der Waals surface area contributed by atoms with Crippen LogP contribution in [0.2, 0.25) is 0 Å². The van der Waals surface area contributed by atoms with Gasteiger partial charge in [-0.25, -0.2) is 8.42 Å². The van der Waals surface area contributed by atoms with Crippen molar-refractivity contribution < 1.29 is 18.0 Å². The number of ketones is 2. The fraction of sp³-hybridized carbons (Fsp3) is 0.300. The summed E-state index contributed by atoms with van der Waals surface area (Å²) < 4.78 is 27.3. The number of nitrogens with zero attached hydrogens (tertiary/aromatic N) is 1. The first-order valence-electron chi connectivity index (χ1n) is 8.60. The van der Waals surface area contributed by atoms with Crippen LogP contribution in [0.3, 0.4) is 0 Å². The van der Waals surface area contributed by atoms with Crippen LogP contribution >= 0.6 is 0 Å². The predicted octanol–water partition coefficient (Wildman–Crippen LogP) is 3.17. The van der Waals surface area contributed by atoms with Crippen molar-refractivity contribution in [1.82, 2.24) is 4.31 Å². The second-order valence-corrected chi connectivity index (χ2v) is 8.45. The highest BCUT2D eigenvalue weighted by Gasteiger charge is 2.33. The van der Waals surface area contributed by atoms with Gasteiger partial charge in [0.25, 0.3) is 0 Å². The van der Waals surface area contributed by atoms with Crippen LogP contribution in [0.15, 0.2) is 59.5 Å². The Kier molecular flexibility index (Phi) is 5.34. The molecule has 1 unspecified atom stereocenters. The number of hydrogen-bond acceptors (Lipinski definition) is 4. The summed E-state index contributed by atoms with van der Waals surface area (Å²) in [5.74, 6) is -0.558. The van der Waals surface area contributed by atoms with Crippen molar-refractivity contribution in [2.75, 3.05) is 13.1 Å². The maximum Gasteiger partial charge on any atom is 0.243 e. The molecule has 0 aromatic heterocycles. The Balaban J connectivity index is 1.83. The topological polar surface area (TPSA) is 71.5 Å². The molecule has 0 bridgehead atoms. The Morgan fingerprint density at radius 3 is 2.38 bits per heavy atom. The summed E-state index contributed by atoms with van der Waals surface area (Å²) in [5, 5.41) is 0. The van der Waals surface area contributed by atoms with Crippen molar-refractivity contribution in [3.05, 3.63) is 65.7 Å². The number of piperidine rings is 1. The second kappa shape index (κ2) is 7.51. The molecule has 136 valence electrons. The van der Waals surface area contributed by atoms with E-state index in [2.05, 4.69) is 0 Å². The van der Waals surface area contributed by atoms with Gasteiger partial charge < -0.3 is 0 Å². The molecule has 0 aliphatic carbocycles. The third kappa shape index (κ3) is 3.76. The van der Waals surface area contributed by atoms with Crippen molar-refractivity contribution >= 4 is 21.6 Å². The zero-order valence-electron chi connectivity index (χ0n) is 14.6. The molecule has 0 N–H and O–H groups in total. The van der Waals surface area contributed by atoms with Gasteiger partial charge in [-0.1, -0.05) is 42.5 Å². The van der Waals surface area contributed by atoms with Gasteiger partial charge in [0, 0.05) is 30.1 Å². The Bertz CT molecular complexity index is 922. The smallest absolute Gasteiger partial charge is 0.243 e. The molecule has 2 aromatic rings. The first-order valence-corrected chi connectivity index (χ1v) is 10.0. The Morgan fingerprint density at radius 1 is 1.00 bits per heavy atom. The Labute approximate surface area is 153 Å². The van der Waals surface area contributed by atoms with Gasteiger partial charge in [0.15, 0.2) is 11.6 Å². The molecular formula is C20H21NO4S. The first-order chi connectivity index (χ1) is 12.4. The molecule has 1 heterocycles. The summed E-state index contributed by atoms with van der Waals surface area (Å²) >= 11 is 0. The van der Waals surface area contributed by atoms with E-state index in [1.807, 2.05) is 6.07 Å². The normalized spacial score (nSPS) is 18.4. The fourth-order valence-electron chi connectivity index (χ4n) is 3.24. The number of Topliss-reactive ketones (excluding diaryl/α,β-unsaturated/α-hetero) is 2. The van der Waals surface area contributed by atoms with Crippen LogP contribution in [0.5, 0.6) is 0 Å². The van der Waals surface area contributed by atoms with Gasteiger partial charge in [-0.05, 0) is 31.9 Å². The van der Waals surface area contributed by atoms with Gasteiger partial charge in [0.1, 0.15) is 0 Å². The Morgan fingerprint density at radius 2 is 1.69 bits per heavy atom. The van der Waals surface area contributed by atoms with Crippen molar-refractivity contribution in [2.24, 2.45) is 5.92 Å². The lowest BCUT2D eigenvalue weighted by Gasteiger charge is -2.31. The molecule has 1 aliphatic heterocycles. The van der Waals surface area contributed by atoms with Gasteiger partial charge in [-0.15, -0.1) is 0 Å². The minimum atomic E-state index is -3.74. The molecule has 1 atom stereocenters. The van der Waals surface area contributed by atoms with Gasteiger partial charge in [-0.3, -0.25) is 9.59 Å². The fourth-order valence-corrected chi connectivity index (χ4v) is 4.81. The molecule has 5 nitrogen and oxygen atoms in total. The quantitative estimate of drug-likeness (QED) is 0.757. The lowest BCUT2D eigenvalue weighted by molar-refractivity contribution is 0.0872. The summed E-state index contributed by atoms with van der Waals surface area (Å²) in [7, 11) is -3.74. The molecule has 0 saturated carbocycles. The maximum absolute atomic E-state index is 13.0. The molecule has 6 heteroatoms. The molecule has 0 radical (unpaired) electrons. The number of rotatable bonds is 5. The van der Waals surface area contributed by atoms with Crippen LogP contribution in [-0.4, -0.2) is 37.4 Å². The minimum Gasteiger partial charge on any atom is -0.295 e. The summed E-state index contributed by atoms with van der Waals surface area (Å²) in [6.45, 7) is 1.95. The monoisotopic (exact) mass is 371 g/mol. The summed E-state index contributed by atoms with van der Waals surface area (Å²) in [5.41, 5.74) is 0.968. The predicted molar refractivity (Wildman–Crippen MR) is 98.7 cm³/mol. The van der Waals surface area contributed by atoms with E-state index in [9.17, 15) is 18.0 Å². The molecule has 1 aliphatic rings. The molecule has 3 rings (SSSR count). The minimum absolute atomic E-state index is 0.0250. The molecule has 0 amide bonds. The molecule has 26 heavy (non-hydrogen) atoms. The molecular weight excluding hydrogens is 350 g/mol. The average Bonchev–Trinajstić information content (AvgIpc) is 2.68. The van der Waals surface area contributed by atoms with E-state index in [4.69, 9.17) is 0 Å². The number of carbonyl (C=O) groups excluding carboxylic acids is 2. The largest absolute Gasteiger partial charge is 0.295 e. The standard InChI is InChI=1S/C20H21NO4S/c1-15(22)17-9-5-11-19(13-17)26(24,25)21-12-6-10-18(14-21)20(23)16-7-3-2-4-8-16/h2-5,7-9,11,13,18H,6,10,12,14H2,1H3. The van der Waals surface area contributed by atoms with Crippen LogP contribution in [0.4, 0.5) is 0 Å². The van der Waals surface area contributed by atoms with E-state index in [0.717, 1.165) is 0 Å². The summed E-state index contributed by atoms with van der Waals surface area (Å²) in [4.78, 5) is 24.3. The van der Waals surface area contributed by atoms with Crippen LogP contribution < -0.4 is 0 Å². The Hall–Kier alpha value is -2.31. The van der Waals surface area contributed by atoms with Crippen LogP contribution in [0.25, 0.3) is 0 Å². The number of benzene rings is 2. The van der Waals surface area contributed by atoms with E-state index >= 15 is 0 Å². The number of hydrogen-bond donors (Lipinski definition) is 0. The third-order valence-corrected chi connectivity index (χ3v) is 6.55. The molecule has 0 spiro atoms. The van der Waals surface area contributed by atoms with Crippen LogP contribution in [0, 0.1) is 5.92 Å². The summed E-state index contributed by atoms with van der Waals surface area (Å²) in [6, 6.07) is 15.0. The lowest BCUT2D eigenvalue weighted by atomic mass is 9.91. The van der Waals surface area contributed by atoms with E-state index < -0.39 is 10.0 Å². The van der Waals surface area contributed by atoms with Crippen molar-refractivity contribution in [2.45, 2.75) is 24.7 Å². The third-order valence-electron chi connectivity index (χ3n) is 4.69. The highest BCUT2D eigenvalue weighted by atomic mass is 32.2. The first kappa shape index (κ1) is 18.5. The van der Waals surface area contributed by atoms with E-state index in [1.165, 1.54) is 23.4 Å². The van der Waals surface area contributed by atoms with Crippen molar-refractivity contribution in [3.8, 4) is 0 Å². The zero-order chi connectivity index (χ0) is 18.7. The van der Waals surface area contributed by atoms with Gasteiger partial charge >= 0.3 is 0 Å². The second-order valence-electron chi connectivity index (χ2n) is 6.52. The molecule has 2 aromatic carbocycles. The van der Waals surface area contributed by atoms with Gasteiger partial charge in [-0.2, -0.15) is 4.31 Å². The van der Waals surface area contributed by atoms with E-state index in [1.54, 1.807) is 36.4 Å². The average molecular weight is 371 g/mol. The molecule has 1 saturated heterocycles. The highest BCUT2D eigenvalue weighted by molar-refractivity contribution is 7.89.